The molecule has 0 aromatic heterocycles. The molecule has 1 amide bonds. The van der Waals surface area contributed by atoms with Crippen molar-refractivity contribution in [1.82, 2.24) is 4.31 Å². The van der Waals surface area contributed by atoms with Crippen LogP contribution in [0.15, 0.2) is 24.3 Å². The first-order valence-electron chi connectivity index (χ1n) is 8.27. The maximum absolute atomic E-state index is 12.2. The van der Waals surface area contributed by atoms with E-state index in [1.165, 1.54) is 4.31 Å². The average Bonchev–Trinajstić information content (AvgIpc) is 2.48. The second-order valence-electron chi connectivity index (χ2n) is 6.22. The highest BCUT2D eigenvalue weighted by Gasteiger charge is 2.21. The number of hydrogen-bond acceptors (Lipinski definition) is 4. The molecule has 1 N–H and O–H groups in total. The Hall–Kier alpha value is -1.60. The van der Waals surface area contributed by atoms with Gasteiger partial charge in [0.05, 0.1) is 12.8 Å². The van der Waals surface area contributed by atoms with Gasteiger partial charge in [0.15, 0.2) is 0 Å². The minimum atomic E-state index is -3.41. The van der Waals surface area contributed by atoms with Crippen molar-refractivity contribution >= 4 is 27.3 Å². The first kappa shape index (κ1) is 20.4. The Balaban J connectivity index is 2.73. The van der Waals surface area contributed by atoms with Crippen LogP contribution in [0.3, 0.4) is 0 Å². The molecule has 7 heteroatoms. The van der Waals surface area contributed by atoms with Crippen LogP contribution in [-0.4, -0.2) is 51.1 Å². The minimum Gasteiger partial charge on any atom is -0.372 e. The van der Waals surface area contributed by atoms with Crippen LogP contribution in [0.1, 0.15) is 27.7 Å². The van der Waals surface area contributed by atoms with Crippen molar-refractivity contribution in [2.75, 3.05) is 42.7 Å². The van der Waals surface area contributed by atoms with E-state index in [9.17, 15) is 13.2 Å². The summed E-state index contributed by atoms with van der Waals surface area (Å²) in [6.07, 6.45) is 1.13. The van der Waals surface area contributed by atoms with Crippen LogP contribution in [0.5, 0.6) is 0 Å². The fraction of sp³-hybridized carbons (Fsp3) is 0.588. The summed E-state index contributed by atoms with van der Waals surface area (Å²) in [5.74, 6) is -0.183. The predicted octanol–water partition coefficient (Wildman–Crippen LogP) is 2.39. The number of anilines is 2. The maximum atomic E-state index is 12.2. The summed E-state index contributed by atoms with van der Waals surface area (Å²) in [4.78, 5) is 14.4. The zero-order valence-corrected chi connectivity index (χ0v) is 16.1. The molecule has 0 atom stereocenters. The monoisotopic (exact) mass is 355 g/mol. The second kappa shape index (κ2) is 9.03. The number of carbonyl (C=O) groups excluding carboxylic acids is 1. The summed E-state index contributed by atoms with van der Waals surface area (Å²) in [6, 6.07) is 7.56. The minimum absolute atomic E-state index is 0.154. The molecule has 1 aromatic carbocycles. The van der Waals surface area contributed by atoms with Crippen LogP contribution in [0.25, 0.3) is 0 Å². The van der Waals surface area contributed by atoms with Crippen molar-refractivity contribution in [3.8, 4) is 0 Å². The number of rotatable bonds is 9. The highest BCUT2D eigenvalue weighted by atomic mass is 32.2. The van der Waals surface area contributed by atoms with E-state index in [1.54, 1.807) is 0 Å². The lowest BCUT2D eigenvalue weighted by atomic mass is 10.2. The number of nitrogens with one attached hydrogen (secondary N) is 1. The fourth-order valence-corrected chi connectivity index (χ4v) is 3.35. The van der Waals surface area contributed by atoms with Gasteiger partial charge in [-0.1, -0.05) is 13.8 Å². The van der Waals surface area contributed by atoms with Crippen molar-refractivity contribution in [2.24, 2.45) is 5.92 Å². The summed E-state index contributed by atoms with van der Waals surface area (Å²) in [5, 5.41) is 2.76. The molecule has 1 aromatic rings. The van der Waals surface area contributed by atoms with E-state index in [0.29, 0.717) is 12.2 Å². The largest absolute Gasteiger partial charge is 0.372 e. The maximum Gasteiger partial charge on any atom is 0.239 e. The van der Waals surface area contributed by atoms with E-state index in [4.69, 9.17) is 0 Å². The number of sulfonamides is 1. The summed E-state index contributed by atoms with van der Waals surface area (Å²) < 4.78 is 24.8. The lowest BCUT2D eigenvalue weighted by Gasteiger charge is -2.22. The van der Waals surface area contributed by atoms with Gasteiger partial charge < -0.3 is 10.2 Å². The quantitative estimate of drug-likeness (QED) is 0.738. The molecule has 136 valence electrons. The molecule has 0 aliphatic rings. The molecule has 0 radical (unpaired) electrons. The van der Waals surface area contributed by atoms with Gasteiger partial charge in [-0.25, -0.2) is 8.42 Å². The SMILES string of the molecule is CCN(CC)c1ccc(NC(=O)CN(CC(C)C)S(C)(=O)=O)cc1. The summed E-state index contributed by atoms with van der Waals surface area (Å²) >= 11 is 0. The first-order valence-corrected chi connectivity index (χ1v) is 10.1. The molecule has 24 heavy (non-hydrogen) atoms. The van der Waals surface area contributed by atoms with Gasteiger partial charge in [0, 0.05) is 31.0 Å². The number of carbonyl (C=O) groups is 1. The van der Waals surface area contributed by atoms with E-state index < -0.39 is 10.0 Å². The Bertz CT molecular complexity index is 623. The number of hydrogen-bond donors (Lipinski definition) is 1. The highest BCUT2D eigenvalue weighted by molar-refractivity contribution is 7.88. The van der Waals surface area contributed by atoms with E-state index in [0.717, 1.165) is 25.0 Å². The summed E-state index contributed by atoms with van der Waals surface area (Å²) in [6.45, 7) is 10.0. The van der Waals surface area contributed by atoms with Crippen molar-refractivity contribution in [3.05, 3.63) is 24.3 Å². The van der Waals surface area contributed by atoms with Gasteiger partial charge in [0.2, 0.25) is 15.9 Å². The lowest BCUT2D eigenvalue weighted by molar-refractivity contribution is -0.116. The third-order valence-electron chi connectivity index (χ3n) is 3.64. The number of amides is 1. The van der Waals surface area contributed by atoms with Gasteiger partial charge in [0.25, 0.3) is 0 Å². The van der Waals surface area contributed by atoms with Crippen LogP contribution in [0.4, 0.5) is 11.4 Å². The lowest BCUT2D eigenvalue weighted by Crippen LogP contribution is -2.39. The average molecular weight is 356 g/mol. The Kier molecular flexibility index (Phi) is 7.69. The van der Waals surface area contributed by atoms with E-state index in [-0.39, 0.29) is 18.4 Å². The zero-order chi connectivity index (χ0) is 18.3. The molecule has 0 aliphatic carbocycles. The molecule has 0 unspecified atom stereocenters. The molecule has 0 bridgehead atoms. The van der Waals surface area contributed by atoms with Crippen molar-refractivity contribution in [2.45, 2.75) is 27.7 Å². The van der Waals surface area contributed by atoms with E-state index in [1.807, 2.05) is 38.1 Å². The molecular formula is C17H29N3O3S. The Morgan fingerprint density at radius 1 is 1.12 bits per heavy atom. The van der Waals surface area contributed by atoms with Crippen LogP contribution in [0, 0.1) is 5.92 Å². The van der Waals surface area contributed by atoms with Crippen LogP contribution in [-0.2, 0) is 14.8 Å². The molecule has 1 rings (SSSR count). The van der Waals surface area contributed by atoms with Gasteiger partial charge in [-0.3, -0.25) is 4.79 Å². The number of nitrogens with zero attached hydrogens (tertiary/aromatic N) is 2. The molecule has 6 nitrogen and oxygen atoms in total. The molecule has 0 fully saturated rings. The summed E-state index contributed by atoms with van der Waals surface area (Å²) in [5.41, 5.74) is 1.75. The van der Waals surface area contributed by atoms with Crippen molar-refractivity contribution in [3.63, 3.8) is 0 Å². The smallest absolute Gasteiger partial charge is 0.239 e. The number of benzene rings is 1. The topological polar surface area (TPSA) is 69.7 Å². The Morgan fingerprint density at radius 3 is 2.08 bits per heavy atom. The molecule has 0 aliphatic heterocycles. The Morgan fingerprint density at radius 2 is 1.67 bits per heavy atom. The van der Waals surface area contributed by atoms with E-state index in [2.05, 4.69) is 24.1 Å². The fourth-order valence-electron chi connectivity index (χ4n) is 2.43. The zero-order valence-electron chi connectivity index (χ0n) is 15.2. The predicted molar refractivity (Wildman–Crippen MR) is 99.9 cm³/mol. The van der Waals surface area contributed by atoms with Crippen LogP contribution >= 0.6 is 0 Å². The summed E-state index contributed by atoms with van der Waals surface area (Å²) in [7, 11) is -3.41. The van der Waals surface area contributed by atoms with E-state index >= 15 is 0 Å². The van der Waals surface area contributed by atoms with Crippen LogP contribution in [0.2, 0.25) is 0 Å². The third kappa shape index (κ3) is 6.49. The molecule has 0 heterocycles. The third-order valence-corrected chi connectivity index (χ3v) is 4.85. The second-order valence-corrected chi connectivity index (χ2v) is 8.20. The van der Waals surface area contributed by atoms with Gasteiger partial charge in [0.1, 0.15) is 0 Å². The first-order chi connectivity index (χ1) is 11.2. The van der Waals surface area contributed by atoms with Gasteiger partial charge in [-0.15, -0.1) is 0 Å². The molecule has 0 spiro atoms. The molecular weight excluding hydrogens is 326 g/mol. The van der Waals surface area contributed by atoms with Crippen molar-refractivity contribution < 1.29 is 13.2 Å². The Labute approximate surface area is 145 Å². The molecule has 0 saturated heterocycles. The molecule has 0 saturated carbocycles. The van der Waals surface area contributed by atoms with Gasteiger partial charge in [-0.05, 0) is 44.0 Å². The standard InChI is InChI=1S/C17H29N3O3S/c1-6-19(7-2)16-10-8-15(9-11-16)18-17(21)13-20(12-14(3)4)24(5,22)23/h8-11,14H,6-7,12-13H2,1-5H3,(H,18,21). The van der Waals surface area contributed by atoms with Crippen molar-refractivity contribution in [1.29, 1.82) is 0 Å². The van der Waals surface area contributed by atoms with Gasteiger partial charge in [-0.2, -0.15) is 4.31 Å². The normalized spacial score (nSPS) is 11.8. The highest BCUT2D eigenvalue weighted by Crippen LogP contribution is 2.17. The van der Waals surface area contributed by atoms with Crippen LogP contribution < -0.4 is 10.2 Å². The van der Waals surface area contributed by atoms with Gasteiger partial charge >= 0.3 is 0 Å².